The lowest BCUT2D eigenvalue weighted by molar-refractivity contribution is -0.116. The number of fused-ring (bicyclic) bond motifs is 1. The van der Waals surface area contributed by atoms with E-state index in [1.807, 2.05) is 13.0 Å². The van der Waals surface area contributed by atoms with Crippen molar-refractivity contribution in [2.45, 2.75) is 43.6 Å². The largest absolute Gasteiger partial charge is 0.467 e. The zero-order chi connectivity index (χ0) is 24.1. The maximum absolute atomic E-state index is 13.2. The van der Waals surface area contributed by atoms with E-state index in [0.29, 0.717) is 39.5 Å². The van der Waals surface area contributed by atoms with Crippen LogP contribution in [0.2, 0.25) is 0 Å². The molecule has 1 N–H and O–H groups in total. The van der Waals surface area contributed by atoms with Crippen molar-refractivity contribution in [3.05, 3.63) is 88.6 Å². The number of hydrogen-bond acceptors (Lipinski definition) is 6. The lowest BCUT2D eigenvalue weighted by Gasteiger charge is -2.15. The third-order valence-electron chi connectivity index (χ3n) is 5.30. The Hall–Kier alpha value is -3.65. The average Bonchev–Trinajstić information content (AvgIpc) is 3.35. The van der Waals surface area contributed by atoms with Crippen molar-refractivity contribution < 1.29 is 14.0 Å². The molecule has 8 heteroatoms. The van der Waals surface area contributed by atoms with Gasteiger partial charge in [0.25, 0.3) is 5.56 Å². The van der Waals surface area contributed by atoms with E-state index in [4.69, 9.17) is 4.42 Å². The number of carbonyl (C=O) groups is 2. The quantitative estimate of drug-likeness (QED) is 0.205. The Balaban J connectivity index is 1.58. The fraction of sp³-hybridized carbons (Fsp3) is 0.231. The van der Waals surface area contributed by atoms with Crippen LogP contribution in [0.3, 0.4) is 0 Å². The molecule has 2 aromatic carbocycles. The van der Waals surface area contributed by atoms with Gasteiger partial charge in [0.15, 0.2) is 10.9 Å². The molecule has 34 heavy (non-hydrogen) atoms. The SMILES string of the molecule is CCCC(=O)Nc1ccc(C(=O)C(C)Sc2nc3ccccc3c(=O)n2Cc2ccco2)cc1. The smallest absolute Gasteiger partial charge is 0.262 e. The summed E-state index contributed by atoms with van der Waals surface area (Å²) in [6.07, 6.45) is 2.78. The number of carbonyl (C=O) groups excluding carboxylic acids is 2. The number of nitrogens with zero attached hydrogens (tertiary/aromatic N) is 2. The van der Waals surface area contributed by atoms with E-state index >= 15 is 0 Å². The molecule has 4 aromatic rings. The van der Waals surface area contributed by atoms with Crippen molar-refractivity contribution in [3.63, 3.8) is 0 Å². The Bertz CT molecular complexity index is 1360. The molecule has 0 radical (unpaired) electrons. The van der Waals surface area contributed by atoms with E-state index in [9.17, 15) is 14.4 Å². The van der Waals surface area contributed by atoms with Crippen LogP contribution in [0.5, 0.6) is 0 Å². The van der Waals surface area contributed by atoms with E-state index in [1.165, 1.54) is 11.8 Å². The predicted octanol–water partition coefficient (Wildman–Crippen LogP) is 5.14. The minimum Gasteiger partial charge on any atom is -0.467 e. The minimum absolute atomic E-state index is 0.0533. The van der Waals surface area contributed by atoms with Gasteiger partial charge >= 0.3 is 0 Å². The van der Waals surface area contributed by atoms with Gasteiger partial charge in [-0.2, -0.15) is 0 Å². The first kappa shape index (κ1) is 23.5. The summed E-state index contributed by atoms with van der Waals surface area (Å²) in [5, 5.41) is 3.29. The Morgan fingerprint density at radius 1 is 1.09 bits per heavy atom. The van der Waals surface area contributed by atoms with E-state index in [-0.39, 0.29) is 23.8 Å². The number of anilines is 1. The normalized spacial score (nSPS) is 11.9. The van der Waals surface area contributed by atoms with Crippen LogP contribution < -0.4 is 10.9 Å². The molecule has 0 aliphatic heterocycles. The molecule has 0 bridgehead atoms. The topological polar surface area (TPSA) is 94.2 Å². The van der Waals surface area contributed by atoms with Crippen LogP contribution in [0.4, 0.5) is 5.69 Å². The van der Waals surface area contributed by atoms with E-state index < -0.39 is 5.25 Å². The van der Waals surface area contributed by atoms with Crippen molar-refractivity contribution in [2.75, 3.05) is 5.32 Å². The van der Waals surface area contributed by atoms with Crippen LogP contribution >= 0.6 is 11.8 Å². The number of nitrogens with one attached hydrogen (secondary N) is 1. The first-order valence-electron chi connectivity index (χ1n) is 11.1. The minimum atomic E-state index is -0.489. The second-order valence-electron chi connectivity index (χ2n) is 7.88. The summed E-state index contributed by atoms with van der Waals surface area (Å²) in [6.45, 7) is 3.96. The van der Waals surface area contributed by atoms with Gasteiger partial charge in [-0.1, -0.05) is 30.8 Å². The molecule has 7 nitrogen and oxygen atoms in total. The molecule has 0 spiro atoms. The highest BCUT2D eigenvalue weighted by Crippen LogP contribution is 2.26. The van der Waals surface area contributed by atoms with Crippen LogP contribution in [-0.4, -0.2) is 26.5 Å². The van der Waals surface area contributed by atoms with Crippen molar-refractivity contribution in [3.8, 4) is 0 Å². The van der Waals surface area contributed by atoms with E-state index in [1.54, 1.807) is 72.4 Å². The highest BCUT2D eigenvalue weighted by molar-refractivity contribution is 8.00. The van der Waals surface area contributed by atoms with Crippen LogP contribution in [0.1, 0.15) is 42.8 Å². The van der Waals surface area contributed by atoms with Gasteiger partial charge in [-0.25, -0.2) is 4.98 Å². The summed E-state index contributed by atoms with van der Waals surface area (Å²) in [7, 11) is 0. The third-order valence-corrected chi connectivity index (χ3v) is 6.39. The van der Waals surface area contributed by atoms with E-state index in [0.717, 1.165) is 6.42 Å². The van der Waals surface area contributed by atoms with Crippen molar-refractivity contribution in [2.24, 2.45) is 0 Å². The predicted molar refractivity (Wildman–Crippen MR) is 133 cm³/mol. The molecule has 2 aromatic heterocycles. The van der Waals surface area contributed by atoms with Gasteiger partial charge in [0, 0.05) is 17.7 Å². The van der Waals surface area contributed by atoms with Gasteiger partial charge in [-0.3, -0.25) is 19.0 Å². The highest BCUT2D eigenvalue weighted by atomic mass is 32.2. The third kappa shape index (κ3) is 5.28. The maximum atomic E-state index is 13.2. The van der Waals surface area contributed by atoms with Crippen molar-refractivity contribution in [1.82, 2.24) is 9.55 Å². The first-order chi connectivity index (χ1) is 16.5. The van der Waals surface area contributed by atoms with Crippen molar-refractivity contribution >= 4 is 40.0 Å². The van der Waals surface area contributed by atoms with Gasteiger partial charge in [0.05, 0.1) is 29.0 Å². The second kappa shape index (κ2) is 10.5. The first-order valence-corrected chi connectivity index (χ1v) is 12.0. The van der Waals surface area contributed by atoms with Gasteiger partial charge in [0.1, 0.15) is 5.76 Å². The summed E-state index contributed by atoms with van der Waals surface area (Å²) in [5.41, 5.74) is 1.57. The monoisotopic (exact) mass is 475 g/mol. The number of para-hydroxylation sites is 1. The molecule has 2 heterocycles. The Morgan fingerprint density at radius 2 is 1.85 bits per heavy atom. The lowest BCUT2D eigenvalue weighted by atomic mass is 10.1. The molecule has 0 saturated heterocycles. The number of amides is 1. The number of Topliss-reactive ketones (excluding diaryl/α,β-unsaturated/α-hetero) is 1. The van der Waals surface area contributed by atoms with Crippen LogP contribution in [0, 0.1) is 0 Å². The summed E-state index contributed by atoms with van der Waals surface area (Å²) in [4.78, 5) is 42.8. The second-order valence-corrected chi connectivity index (χ2v) is 9.19. The summed E-state index contributed by atoms with van der Waals surface area (Å²) in [5.74, 6) is 0.478. The Labute approximate surface area is 201 Å². The zero-order valence-corrected chi connectivity index (χ0v) is 19.8. The number of aromatic nitrogens is 2. The standard InChI is InChI=1S/C26H25N3O4S/c1-3-7-23(30)27-19-13-11-18(12-14-19)24(31)17(2)34-26-28-22-10-5-4-9-21(22)25(32)29(26)16-20-8-6-15-33-20/h4-6,8-15,17H,3,7,16H2,1-2H3,(H,27,30). The summed E-state index contributed by atoms with van der Waals surface area (Å²) in [6, 6.07) is 17.6. The molecule has 0 saturated carbocycles. The number of rotatable bonds is 9. The molecule has 1 amide bonds. The number of ketones is 1. The van der Waals surface area contributed by atoms with Crippen molar-refractivity contribution in [1.29, 1.82) is 0 Å². The van der Waals surface area contributed by atoms with Crippen LogP contribution in [-0.2, 0) is 11.3 Å². The molecule has 174 valence electrons. The fourth-order valence-electron chi connectivity index (χ4n) is 3.55. The Kier molecular flexibility index (Phi) is 7.27. The average molecular weight is 476 g/mol. The van der Waals surface area contributed by atoms with E-state index in [2.05, 4.69) is 10.3 Å². The van der Waals surface area contributed by atoms with Gasteiger partial charge in [-0.15, -0.1) is 0 Å². The molecular formula is C26H25N3O4S. The van der Waals surface area contributed by atoms with Crippen LogP contribution in [0.15, 0.2) is 81.3 Å². The number of thioether (sulfide) groups is 1. The maximum Gasteiger partial charge on any atom is 0.262 e. The molecule has 0 aliphatic rings. The molecule has 1 unspecified atom stereocenters. The molecule has 0 fully saturated rings. The van der Waals surface area contributed by atoms with Crippen LogP contribution in [0.25, 0.3) is 10.9 Å². The number of furan rings is 1. The molecular weight excluding hydrogens is 450 g/mol. The van der Waals surface area contributed by atoms with Gasteiger partial charge in [-0.05, 0) is 61.9 Å². The zero-order valence-electron chi connectivity index (χ0n) is 19.0. The summed E-state index contributed by atoms with van der Waals surface area (Å²) < 4.78 is 6.99. The fourth-order valence-corrected chi connectivity index (χ4v) is 4.54. The molecule has 1 atom stereocenters. The number of benzene rings is 2. The van der Waals surface area contributed by atoms with Gasteiger partial charge < -0.3 is 9.73 Å². The summed E-state index contributed by atoms with van der Waals surface area (Å²) >= 11 is 1.24. The van der Waals surface area contributed by atoms with Gasteiger partial charge in [0.2, 0.25) is 5.91 Å². The highest BCUT2D eigenvalue weighted by Gasteiger charge is 2.21. The molecule has 4 rings (SSSR count). The Morgan fingerprint density at radius 3 is 2.56 bits per heavy atom. The lowest BCUT2D eigenvalue weighted by Crippen LogP contribution is -2.25. The molecule has 0 aliphatic carbocycles. The number of hydrogen-bond donors (Lipinski definition) is 1.